The van der Waals surface area contributed by atoms with Crippen LogP contribution in [-0.4, -0.2) is 22.5 Å². The summed E-state index contributed by atoms with van der Waals surface area (Å²) in [5.41, 5.74) is 2.94. The molecule has 0 unspecified atom stereocenters. The van der Waals surface area contributed by atoms with Crippen LogP contribution in [0.3, 0.4) is 0 Å². The Kier molecular flexibility index (Phi) is 5.36. The zero-order chi connectivity index (χ0) is 16.9. The highest BCUT2D eigenvalue weighted by Crippen LogP contribution is 2.32. The highest BCUT2D eigenvalue weighted by Gasteiger charge is 2.29. The number of aromatic nitrogens is 1. The molecule has 0 spiro atoms. The SMILES string of the molecule is Cc1cc([C@@H]2CCCCN2C(=O)OCc2ccccc2)cnc1Cl. The molecule has 1 atom stereocenters. The Hall–Kier alpha value is -2.07. The van der Waals surface area contributed by atoms with Crippen molar-refractivity contribution in [2.75, 3.05) is 6.54 Å². The minimum absolute atomic E-state index is 0.00508. The van der Waals surface area contributed by atoms with Crippen LogP contribution < -0.4 is 0 Å². The van der Waals surface area contributed by atoms with Crippen molar-refractivity contribution in [1.82, 2.24) is 9.88 Å². The molecule has 1 aliphatic rings. The molecule has 126 valence electrons. The first-order valence-electron chi connectivity index (χ1n) is 8.24. The molecule has 1 aromatic carbocycles. The van der Waals surface area contributed by atoms with Gasteiger partial charge < -0.3 is 9.64 Å². The minimum Gasteiger partial charge on any atom is -0.445 e. The fourth-order valence-electron chi connectivity index (χ4n) is 3.06. The molecule has 3 rings (SSSR count). The van der Waals surface area contributed by atoms with Gasteiger partial charge in [0.15, 0.2) is 0 Å². The lowest BCUT2D eigenvalue weighted by Crippen LogP contribution is -2.38. The number of likely N-dealkylation sites (tertiary alicyclic amines) is 1. The van der Waals surface area contributed by atoms with E-state index in [-0.39, 0.29) is 12.1 Å². The van der Waals surface area contributed by atoms with Gasteiger partial charge in [-0.15, -0.1) is 0 Å². The third-order valence-electron chi connectivity index (χ3n) is 4.36. The first-order valence-corrected chi connectivity index (χ1v) is 8.62. The number of ether oxygens (including phenoxy) is 1. The van der Waals surface area contributed by atoms with Crippen LogP contribution in [0.5, 0.6) is 0 Å². The van der Waals surface area contributed by atoms with Crippen molar-refractivity contribution in [3.05, 3.63) is 64.4 Å². The quantitative estimate of drug-likeness (QED) is 0.743. The predicted molar refractivity (Wildman–Crippen MR) is 93.9 cm³/mol. The first kappa shape index (κ1) is 16.8. The zero-order valence-corrected chi connectivity index (χ0v) is 14.5. The molecular weight excluding hydrogens is 324 g/mol. The highest BCUT2D eigenvalue weighted by molar-refractivity contribution is 6.30. The summed E-state index contributed by atoms with van der Waals surface area (Å²) in [6.45, 7) is 2.93. The van der Waals surface area contributed by atoms with E-state index in [1.807, 2.05) is 48.2 Å². The van der Waals surface area contributed by atoms with Crippen molar-refractivity contribution in [2.45, 2.75) is 38.8 Å². The van der Waals surface area contributed by atoms with Crippen LogP contribution in [0, 0.1) is 6.92 Å². The van der Waals surface area contributed by atoms with Gasteiger partial charge in [0.05, 0.1) is 6.04 Å². The summed E-state index contributed by atoms with van der Waals surface area (Å²) in [5.74, 6) is 0. The topological polar surface area (TPSA) is 42.4 Å². The van der Waals surface area contributed by atoms with E-state index in [9.17, 15) is 4.79 Å². The number of hydrogen-bond donors (Lipinski definition) is 0. The van der Waals surface area contributed by atoms with Gasteiger partial charge in [-0.2, -0.15) is 0 Å². The molecule has 2 heterocycles. The molecule has 0 N–H and O–H groups in total. The van der Waals surface area contributed by atoms with Gasteiger partial charge in [-0.3, -0.25) is 0 Å². The van der Waals surface area contributed by atoms with Gasteiger partial charge in [0, 0.05) is 12.7 Å². The number of amides is 1. The van der Waals surface area contributed by atoms with Crippen LogP contribution in [0.25, 0.3) is 0 Å². The summed E-state index contributed by atoms with van der Waals surface area (Å²) < 4.78 is 5.51. The molecule has 0 bridgehead atoms. The van der Waals surface area contributed by atoms with Gasteiger partial charge in [-0.25, -0.2) is 9.78 Å². The van der Waals surface area contributed by atoms with Crippen LogP contribution in [-0.2, 0) is 11.3 Å². The minimum atomic E-state index is -0.267. The lowest BCUT2D eigenvalue weighted by atomic mass is 9.96. The maximum atomic E-state index is 12.6. The Morgan fingerprint density at radius 3 is 2.88 bits per heavy atom. The van der Waals surface area contributed by atoms with Crippen molar-refractivity contribution in [1.29, 1.82) is 0 Å². The van der Waals surface area contributed by atoms with E-state index < -0.39 is 0 Å². The summed E-state index contributed by atoms with van der Waals surface area (Å²) >= 11 is 6.02. The van der Waals surface area contributed by atoms with Crippen molar-refractivity contribution in [3.63, 3.8) is 0 Å². The fourth-order valence-corrected chi connectivity index (χ4v) is 3.16. The number of hydrogen-bond acceptors (Lipinski definition) is 3. The van der Waals surface area contributed by atoms with E-state index in [1.54, 1.807) is 6.20 Å². The zero-order valence-electron chi connectivity index (χ0n) is 13.7. The molecule has 1 amide bonds. The number of rotatable bonds is 3. The Balaban J connectivity index is 1.71. The lowest BCUT2D eigenvalue weighted by Gasteiger charge is -2.35. The number of halogens is 1. The third-order valence-corrected chi connectivity index (χ3v) is 4.76. The number of aryl methyl sites for hydroxylation is 1. The molecule has 4 nitrogen and oxygen atoms in total. The van der Waals surface area contributed by atoms with E-state index in [0.29, 0.717) is 18.3 Å². The van der Waals surface area contributed by atoms with Gasteiger partial charge in [0.25, 0.3) is 0 Å². The second kappa shape index (κ2) is 7.67. The van der Waals surface area contributed by atoms with E-state index in [1.165, 1.54) is 0 Å². The average Bonchev–Trinajstić information content (AvgIpc) is 2.63. The molecule has 1 fully saturated rings. The summed E-state index contributed by atoms with van der Waals surface area (Å²) in [6.07, 6.45) is 4.51. The molecule has 5 heteroatoms. The third kappa shape index (κ3) is 3.88. The summed E-state index contributed by atoms with van der Waals surface area (Å²) in [4.78, 5) is 18.6. The number of nitrogens with zero attached hydrogens (tertiary/aromatic N) is 2. The number of carbonyl (C=O) groups is 1. The van der Waals surface area contributed by atoms with Crippen molar-refractivity contribution >= 4 is 17.7 Å². The molecule has 0 aliphatic carbocycles. The van der Waals surface area contributed by atoms with Crippen LogP contribution in [0.1, 0.15) is 42.0 Å². The molecule has 24 heavy (non-hydrogen) atoms. The Labute approximate surface area is 147 Å². The van der Waals surface area contributed by atoms with Crippen LogP contribution in [0.4, 0.5) is 4.79 Å². The number of carbonyl (C=O) groups excluding carboxylic acids is 1. The van der Waals surface area contributed by atoms with Crippen LogP contribution in [0.2, 0.25) is 5.15 Å². The molecule has 1 saturated heterocycles. The van der Waals surface area contributed by atoms with E-state index >= 15 is 0 Å². The molecule has 2 aromatic rings. The smallest absolute Gasteiger partial charge is 0.410 e. The average molecular weight is 345 g/mol. The Morgan fingerprint density at radius 2 is 2.12 bits per heavy atom. The predicted octanol–water partition coefficient (Wildman–Crippen LogP) is 4.91. The summed E-state index contributed by atoms with van der Waals surface area (Å²) in [5, 5.41) is 0.507. The fraction of sp³-hybridized carbons (Fsp3) is 0.368. The Morgan fingerprint density at radius 1 is 1.33 bits per heavy atom. The van der Waals surface area contributed by atoms with E-state index in [0.717, 1.165) is 36.0 Å². The van der Waals surface area contributed by atoms with Crippen molar-refractivity contribution < 1.29 is 9.53 Å². The maximum Gasteiger partial charge on any atom is 0.410 e. The van der Waals surface area contributed by atoms with Crippen molar-refractivity contribution in [2.24, 2.45) is 0 Å². The van der Waals surface area contributed by atoms with Gasteiger partial charge in [0.2, 0.25) is 0 Å². The summed E-state index contributed by atoms with van der Waals surface area (Å²) in [7, 11) is 0. The second-order valence-corrected chi connectivity index (χ2v) is 6.48. The molecular formula is C19H21ClN2O2. The number of piperidine rings is 1. The van der Waals surface area contributed by atoms with Crippen LogP contribution >= 0.6 is 11.6 Å². The van der Waals surface area contributed by atoms with Gasteiger partial charge >= 0.3 is 6.09 Å². The number of pyridine rings is 1. The van der Waals surface area contributed by atoms with E-state index in [2.05, 4.69) is 4.98 Å². The highest BCUT2D eigenvalue weighted by atomic mass is 35.5. The lowest BCUT2D eigenvalue weighted by molar-refractivity contribution is 0.0678. The van der Waals surface area contributed by atoms with Crippen molar-refractivity contribution in [3.8, 4) is 0 Å². The number of benzene rings is 1. The molecule has 1 aliphatic heterocycles. The maximum absolute atomic E-state index is 12.6. The first-order chi connectivity index (χ1) is 11.6. The van der Waals surface area contributed by atoms with E-state index in [4.69, 9.17) is 16.3 Å². The molecule has 0 radical (unpaired) electrons. The summed E-state index contributed by atoms with van der Waals surface area (Å²) in [6, 6.07) is 11.8. The largest absolute Gasteiger partial charge is 0.445 e. The Bertz CT molecular complexity index is 706. The monoisotopic (exact) mass is 344 g/mol. The molecule has 1 aromatic heterocycles. The van der Waals surface area contributed by atoms with Gasteiger partial charge in [0.1, 0.15) is 11.8 Å². The van der Waals surface area contributed by atoms with Gasteiger partial charge in [-0.1, -0.05) is 41.9 Å². The second-order valence-electron chi connectivity index (χ2n) is 6.12. The van der Waals surface area contributed by atoms with Crippen LogP contribution in [0.15, 0.2) is 42.6 Å². The molecule has 0 saturated carbocycles. The van der Waals surface area contributed by atoms with Gasteiger partial charge in [-0.05, 0) is 48.9 Å². The normalized spacial score (nSPS) is 17.6. The standard InChI is InChI=1S/C19H21ClN2O2/c1-14-11-16(12-21-18(14)20)17-9-5-6-10-22(17)19(23)24-13-15-7-3-2-4-8-15/h2-4,7-8,11-12,17H,5-6,9-10,13H2,1H3/t17-/m0/s1.